The van der Waals surface area contributed by atoms with Crippen LogP contribution in [0.1, 0.15) is 47.5 Å². The van der Waals surface area contributed by atoms with Gasteiger partial charge in [-0.1, -0.05) is 69.2 Å². The van der Waals surface area contributed by atoms with Crippen LogP contribution in [0.15, 0.2) is 48.1 Å². The summed E-state index contributed by atoms with van der Waals surface area (Å²) in [7, 11) is 0. The van der Waals surface area contributed by atoms with E-state index in [1.54, 1.807) is 0 Å². The van der Waals surface area contributed by atoms with E-state index in [-0.39, 0.29) is 0 Å². The Balaban J connectivity index is 1.81. The number of ether oxygens (including phenoxy) is 2. The lowest BCUT2D eigenvalue weighted by molar-refractivity contribution is -0.162. The number of epoxide rings is 1. The van der Waals surface area contributed by atoms with Gasteiger partial charge in [0.2, 0.25) is 0 Å². The quantitative estimate of drug-likeness (QED) is 0.305. The number of esters is 1. The number of aliphatic hydroxyl groups excluding tert-OH is 1. The number of fused-ring (bicyclic) bond motifs is 1. The number of carbonyl (C=O) groups is 1. The van der Waals surface area contributed by atoms with Crippen molar-refractivity contribution < 1.29 is 19.4 Å². The molecule has 4 nitrogen and oxygen atoms in total. The highest BCUT2D eigenvalue weighted by Crippen LogP contribution is 2.46. The highest BCUT2D eigenvalue weighted by atomic mass is 16.7. The minimum Gasteiger partial charge on any atom is -0.453 e. The molecule has 0 spiro atoms. The van der Waals surface area contributed by atoms with Gasteiger partial charge < -0.3 is 14.6 Å². The van der Waals surface area contributed by atoms with Crippen molar-refractivity contribution in [2.75, 3.05) is 0 Å². The van der Waals surface area contributed by atoms with E-state index in [2.05, 4.69) is 52.0 Å². The van der Waals surface area contributed by atoms with Crippen molar-refractivity contribution in [3.63, 3.8) is 0 Å². The zero-order valence-corrected chi connectivity index (χ0v) is 16.5. The summed E-state index contributed by atoms with van der Waals surface area (Å²) in [6.45, 7) is 10.6. The summed E-state index contributed by atoms with van der Waals surface area (Å²) in [5.41, 5.74) is 0.757. The molecule has 2 heterocycles. The maximum atomic E-state index is 11.6. The largest absolute Gasteiger partial charge is 0.453 e. The van der Waals surface area contributed by atoms with E-state index in [1.165, 1.54) is 5.57 Å². The number of allylic oxidation sites excluding steroid dienone is 7. The van der Waals surface area contributed by atoms with E-state index in [4.69, 9.17) is 9.47 Å². The van der Waals surface area contributed by atoms with Crippen LogP contribution in [0.2, 0.25) is 0 Å². The predicted octanol–water partition coefficient (Wildman–Crippen LogP) is 4.12. The number of carbonyl (C=O) groups excluding carboxylic acids is 1. The summed E-state index contributed by atoms with van der Waals surface area (Å²) in [5, 5.41) is 9.66. The molecule has 2 aliphatic heterocycles. The molecule has 26 heavy (non-hydrogen) atoms. The second kappa shape index (κ2) is 8.83. The lowest BCUT2D eigenvalue weighted by Gasteiger charge is -2.24. The number of aliphatic hydroxyl groups is 1. The van der Waals surface area contributed by atoms with Gasteiger partial charge in [-0.05, 0) is 38.2 Å². The molecule has 2 rings (SSSR count). The minimum atomic E-state index is -1.16. The molecule has 0 aromatic heterocycles. The molecule has 0 radical (unpaired) electrons. The third-order valence-electron chi connectivity index (χ3n) is 5.17. The first kappa shape index (κ1) is 20.7. The highest BCUT2D eigenvalue weighted by Gasteiger charge is 2.67. The van der Waals surface area contributed by atoms with Crippen molar-refractivity contribution in [2.45, 2.75) is 71.4 Å². The van der Waals surface area contributed by atoms with Gasteiger partial charge >= 0.3 is 5.97 Å². The van der Waals surface area contributed by atoms with Crippen molar-refractivity contribution in [2.24, 2.45) is 11.8 Å². The number of cyclic esters (lactones) is 1. The van der Waals surface area contributed by atoms with E-state index >= 15 is 0 Å². The third kappa shape index (κ3) is 5.18. The molecule has 0 amide bonds. The topological polar surface area (TPSA) is 59.1 Å². The van der Waals surface area contributed by atoms with Crippen LogP contribution in [0.5, 0.6) is 0 Å². The van der Waals surface area contributed by atoms with Crippen LogP contribution in [0.3, 0.4) is 0 Å². The zero-order valence-electron chi connectivity index (χ0n) is 16.5. The van der Waals surface area contributed by atoms with Gasteiger partial charge in [0, 0.05) is 0 Å². The molecule has 0 saturated carbocycles. The van der Waals surface area contributed by atoms with E-state index in [0.29, 0.717) is 11.8 Å². The van der Waals surface area contributed by atoms with Gasteiger partial charge in [-0.2, -0.15) is 0 Å². The van der Waals surface area contributed by atoms with E-state index in [9.17, 15) is 9.90 Å². The Morgan fingerprint density at radius 2 is 1.92 bits per heavy atom. The normalized spacial score (nSPS) is 34.3. The van der Waals surface area contributed by atoms with Crippen LogP contribution < -0.4 is 0 Å². The van der Waals surface area contributed by atoms with Gasteiger partial charge in [-0.15, -0.1) is 0 Å². The average Bonchev–Trinajstić information content (AvgIpc) is 3.29. The minimum absolute atomic E-state index is 0.420. The average molecular weight is 364 g/mol. The fourth-order valence-corrected chi connectivity index (χ4v) is 3.12. The van der Waals surface area contributed by atoms with Gasteiger partial charge in [0.15, 0.2) is 12.2 Å². The van der Waals surface area contributed by atoms with Crippen LogP contribution in [0, 0.1) is 11.8 Å². The maximum absolute atomic E-state index is 11.6. The molecule has 0 aromatic rings. The second-order valence-corrected chi connectivity index (χ2v) is 7.76. The number of rotatable bonds is 8. The van der Waals surface area contributed by atoms with E-state index in [0.717, 1.165) is 12.8 Å². The Bertz CT molecular complexity index is 616. The molecular formula is C22H32O4. The zero-order chi connectivity index (χ0) is 19.3. The van der Waals surface area contributed by atoms with Gasteiger partial charge in [-0.25, -0.2) is 4.79 Å². The first-order valence-electron chi connectivity index (χ1n) is 9.53. The van der Waals surface area contributed by atoms with Gasteiger partial charge in [0.1, 0.15) is 11.7 Å². The van der Waals surface area contributed by atoms with Crippen molar-refractivity contribution in [3.05, 3.63) is 48.1 Å². The predicted molar refractivity (Wildman–Crippen MR) is 104 cm³/mol. The van der Waals surface area contributed by atoms with Crippen LogP contribution in [0.4, 0.5) is 0 Å². The Kier molecular flexibility index (Phi) is 7.01. The molecule has 0 aromatic carbocycles. The second-order valence-electron chi connectivity index (χ2n) is 7.76. The van der Waals surface area contributed by atoms with Gasteiger partial charge in [0.05, 0.1) is 0 Å². The summed E-state index contributed by atoms with van der Waals surface area (Å²) in [6, 6.07) is 0. The van der Waals surface area contributed by atoms with Crippen molar-refractivity contribution in [1.29, 1.82) is 0 Å². The molecular weight excluding hydrogens is 332 g/mol. The van der Waals surface area contributed by atoms with Crippen molar-refractivity contribution in [1.82, 2.24) is 0 Å². The Labute approximate surface area is 157 Å². The Morgan fingerprint density at radius 1 is 1.23 bits per heavy atom. The van der Waals surface area contributed by atoms with Crippen LogP contribution >= 0.6 is 0 Å². The fraction of sp³-hybridized carbons (Fsp3) is 0.591. The van der Waals surface area contributed by atoms with Crippen LogP contribution in [-0.2, 0) is 14.3 Å². The summed E-state index contributed by atoms with van der Waals surface area (Å²) in [5.74, 6) is 0.431. The molecule has 0 aliphatic carbocycles. The first-order chi connectivity index (χ1) is 12.3. The SMILES string of the molecule is CCC([13CH3])/C=C/C=C(\[13CH3])CC([13CH3])/C=C/C=C/C1OC(=O)C(O)C2OC12[13CH3]. The Morgan fingerprint density at radius 3 is 2.62 bits per heavy atom. The summed E-state index contributed by atoms with van der Waals surface area (Å²) in [4.78, 5) is 11.6. The number of hydrogen-bond donors (Lipinski definition) is 1. The van der Waals surface area contributed by atoms with E-state index in [1.807, 2.05) is 25.2 Å². The van der Waals surface area contributed by atoms with Crippen LogP contribution in [0.25, 0.3) is 0 Å². The van der Waals surface area contributed by atoms with Crippen molar-refractivity contribution in [3.8, 4) is 0 Å². The standard InChI is InChI=1S/C22H32O4/c1-6-15(2)11-9-12-17(4)14-16(3)10-7-8-13-18-22(5)20(26-22)19(23)21(24)25-18/h7-13,15-16,18-20,23H,6,14H2,1-5H3/b10-7+,11-9+,13-8+,17-12+/i2+1,3+1,4+1,5+1. The first-order valence-corrected chi connectivity index (χ1v) is 9.53. The highest BCUT2D eigenvalue weighted by molar-refractivity contribution is 5.78. The molecule has 4 heteroatoms. The smallest absolute Gasteiger partial charge is 0.338 e. The van der Waals surface area contributed by atoms with Crippen LogP contribution in [-0.4, -0.2) is 35.0 Å². The third-order valence-corrected chi connectivity index (χ3v) is 5.17. The molecule has 6 atom stereocenters. The van der Waals surface area contributed by atoms with Gasteiger partial charge in [-0.3, -0.25) is 0 Å². The Hall–Kier alpha value is -1.65. The summed E-state index contributed by atoms with van der Waals surface area (Å²) < 4.78 is 10.7. The molecule has 6 unspecified atom stereocenters. The fourth-order valence-electron chi connectivity index (χ4n) is 3.12. The lowest BCUT2D eigenvalue weighted by atomic mass is 9.98. The summed E-state index contributed by atoms with van der Waals surface area (Å²) in [6.07, 6.45) is 14.5. The van der Waals surface area contributed by atoms with Crippen molar-refractivity contribution >= 4 is 5.97 Å². The maximum Gasteiger partial charge on any atom is 0.338 e. The van der Waals surface area contributed by atoms with E-state index < -0.39 is 29.9 Å². The molecule has 2 aliphatic rings. The number of hydrogen-bond acceptors (Lipinski definition) is 4. The van der Waals surface area contributed by atoms with Gasteiger partial charge in [0.25, 0.3) is 0 Å². The summed E-state index contributed by atoms with van der Waals surface area (Å²) >= 11 is 0. The molecule has 1 N–H and O–H groups in total. The molecule has 144 valence electrons. The lowest BCUT2D eigenvalue weighted by Crippen LogP contribution is -2.46. The monoisotopic (exact) mass is 364 g/mol. The molecule has 2 saturated heterocycles. The molecule has 2 fully saturated rings. The molecule has 0 bridgehead atoms.